The Morgan fingerprint density at radius 2 is 1.69 bits per heavy atom. The maximum absolute atomic E-state index is 5.68. The van der Waals surface area contributed by atoms with Gasteiger partial charge in [0.15, 0.2) is 5.13 Å². The molecule has 1 N–H and O–H groups in total. The van der Waals surface area contributed by atoms with Gasteiger partial charge in [-0.1, -0.05) is 62.1 Å². The van der Waals surface area contributed by atoms with Crippen molar-refractivity contribution in [3.8, 4) is 11.6 Å². The van der Waals surface area contributed by atoms with Crippen LogP contribution >= 0.6 is 11.3 Å². The number of hydrogen-bond donors (Lipinski definition) is 1. The molecule has 4 aromatic rings. The lowest BCUT2D eigenvalue weighted by atomic mass is 10.2. The predicted octanol–water partition coefficient (Wildman–Crippen LogP) is 7.42. The van der Waals surface area contributed by atoms with Gasteiger partial charge < -0.3 is 10.1 Å². The minimum Gasteiger partial charge on any atom is -0.439 e. The number of thiazole rings is 1. The second kappa shape index (κ2) is 9.52. The smallest absolute Gasteiger partial charge is 0.219 e. The highest BCUT2D eigenvalue weighted by Gasteiger charge is 2.07. The Kier molecular flexibility index (Phi) is 6.37. The van der Waals surface area contributed by atoms with Crippen LogP contribution in [-0.2, 0) is 0 Å². The van der Waals surface area contributed by atoms with E-state index < -0.39 is 0 Å². The number of ether oxygens (including phenoxy) is 1. The van der Waals surface area contributed by atoms with Gasteiger partial charge in [-0.15, -0.1) is 0 Å². The maximum Gasteiger partial charge on any atom is 0.219 e. The summed E-state index contributed by atoms with van der Waals surface area (Å²) >= 11 is 1.64. The van der Waals surface area contributed by atoms with Crippen LogP contribution in [0.15, 0.2) is 72.9 Å². The van der Waals surface area contributed by atoms with Crippen molar-refractivity contribution in [2.45, 2.75) is 32.6 Å². The van der Waals surface area contributed by atoms with Crippen LogP contribution in [0.25, 0.3) is 10.2 Å². The number of para-hydroxylation sites is 1. The van der Waals surface area contributed by atoms with Gasteiger partial charge in [-0.3, -0.25) is 0 Å². The molecule has 1 aliphatic carbocycles. The fourth-order valence-corrected chi connectivity index (χ4v) is 4.20. The SMILES string of the molecule is CC1CCCC1.c1ccc(Oc2ccc(Nc3nc4ccccc4s3)cc2)nc1. The quantitative estimate of drug-likeness (QED) is 0.385. The van der Waals surface area contributed by atoms with Gasteiger partial charge in [-0.25, -0.2) is 9.97 Å². The van der Waals surface area contributed by atoms with E-state index >= 15 is 0 Å². The highest BCUT2D eigenvalue weighted by Crippen LogP contribution is 2.29. The van der Waals surface area contributed by atoms with Crippen molar-refractivity contribution in [2.24, 2.45) is 5.92 Å². The van der Waals surface area contributed by atoms with Crippen LogP contribution in [0, 0.1) is 5.92 Å². The molecule has 5 heteroatoms. The molecule has 1 fully saturated rings. The van der Waals surface area contributed by atoms with Gasteiger partial charge in [-0.2, -0.15) is 0 Å². The monoisotopic (exact) mass is 403 g/mol. The van der Waals surface area contributed by atoms with E-state index in [1.807, 2.05) is 60.7 Å². The first-order valence-corrected chi connectivity index (χ1v) is 10.9. The second-order valence-corrected chi connectivity index (χ2v) is 8.33. The van der Waals surface area contributed by atoms with Crippen LogP contribution in [0.5, 0.6) is 11.6 Å². The van der Waals surface area contributed by atoms with Crippen molar-refractivity contribution < 1.29 is 4.74 Å². The standard InChI is InChI=1S/C18H13N3OS.C6H12/c1-2-6-16-15(5-1)21-18(23-16)20-13-8-10-14(11-9-13)22-17-7-3-4-12-19-17;1-6-4-2-3-5-6/h1-12H,(H,20,21);6H,2-5H2,1H3. The second-order valence-electron chi connectivity index (χ2n) is 7.30. The molecule has 0 atom stereocenters. The maximum atomic E-state index is 5.68. The summed E-state index contributed by atoms with van der Waals surface area (Å²) < 4.78 is 6.85. The van der Waals surface area contributed by atoms with E-state index in [2.05, 4.69) is 28.3 Å². The van der Waals surface area contributed by atoms with Crippen molar-refractivity contribution >= 4 is 32.4 Å². The molecule has 0 unspecified atom stereocenters. The van der Waals surface area contributed by atoms with Gasteiger partial charge in [0.2, 0.25) is 5.88 Å². The summed E-state index contributed by atoms with van der Waals surface area (Å²) in [6.45, 7) is 2.34. The Morgan fingerprint density at radius 3 is 2.34 bits per heavy atom. The zero-order valence-corrected chi connectivity index (χ0v) is 17.4. The van der Waals surface area contributed by atoms with Gasteiger partial charge >= 0.3 is 0 Å². The Morgan fingerprint density at radius 1 is 0.931 bits per heavy atom. The first kappa shape index (κ1) is 19.4. The Bertz CT molecular complexity index is 992. The molecule has 2 aromatic heterocycles. The Balaban J connectivity index is 0.000000294. The van der Waals surface area contributed by atoms with Crippen LogP contribution in [0.3, 0.4) is 0 Å². The average Bonchev–Trinajstić information content (AvgIpc) is 3.39. The molecule has 0 bridgehead atoms. The predicted molar refractivity (Wildman–Crippen MR) is 121 cm³/mol. The summed E-state index contributed by atoms with van der Waals surface area (Å²) in [4.78, 5) is 8.71. The zero-order valence-electron chi connectivity index (χ0n) is 16.5. The number of rotatable bonds is 4. The molecule has 29 heavy (non-hydrogen) atoms. The van der Waals surface area contributed by atoms with E-state index in [0.29, 0.717) is 5.88 Å². The Hall–Kier alpha value is -2.92. The normalized spacial score (nSPS) is 13.7. The number of nitrogens with zero attached hydrogens (tertiary/aromatic N) is 2. The number of nitrogens with one attached hydrogen (secondary N) is 1. The fraction of sp³-hybridized carbons (Fsp3) is 0.250. The van der Waals surface area contributed by atoms with Gasteiger partial charge in [0.1, 0.15) is 5.75 Å². The van der Waals surface area contributed by atoms with Crippen LogP contribution < -0.4 is 10.1 Å². The molecule has 1 saturated carbocycles. The lowest BCUT2D eigenvalue weighted by Gasteiger charge is -2.06. The van der Waals surface area contributed by atoms with Crippen LogP contribution in [0.1, 0.15) is 32.6 Å². The molecule has 0 aliphatic heterocycles. The van der Waals surface area contributed by atoms with E-state index in [9.17, 15) is 0 Å². The van der Waals surface area contributed by atoms with E-state index in [0.717, 1.165) is 28.0 Å². The van der Waals surface area contributed by atoms with Crippen molar-refractivity contribution in [1.29, 1.82) is 0 Å². The molecule has 0 spiro atoms. The third kappa shape index (κ3) is 5.55. The molecule has 0 amide bonds. The van der Waals surface area contributed by atoms with Crippen molar-refractivity contribution in [3.63, 3.8) is 0 Å². The van der Waals surface area contributed by atoms with Crippen LogP contribution in [0.4, 0.5) is 10.8 Å². The zero-order chi connectivity index (χ0) is 19.9. The summed E-state index contributed by atoms with van der Waals surface area (Å²) in [6, 6.07) is 21.4. The highest BCUT2D eigenvalue weighted by atomic mass is 32.1. The summed E-state index contributed by atoms with van der Waals surface area (Å²) in [5.41, 5.74) is 1.98. The lowest BCUT2D eigenvalue weighted by Crippen LogP contribution is -1.90. The number of pyridine rings is 1. The molecule has 148 valence electrons. The third-order valence-corrected chi connectivity index (χ3v) is 5.86. The lowest BCUT2D eigenvalue weighted by molar-refractivity contribution is 0.463. The summed E-state index contributed by atoms with van der Waals surface area (Å²) in [5.74, 6) is 2.38. The molecule has 2 heterocycles. The number of fused-ring (bicyclic) bond motifs is 1. The van der Waals surface area contributed by atoms with Gasteiger partial charge in [0, 0.05) is 18.0 Å². The first-order valence-electron chi connectivity index (χ1n) is 10.1. The Labute approximate surface area is 175 Å². The van der Waals surface area contributed by atoms with Gasteiger partial charge in [0.05, 0.1) is 10.2 Å². The summed E-state index contributed by atoms with van der Waals surface area (Å²) in [5, 5.41) is 4.20. The molecule has 2 aromatic carbocycles. The van der Waals surface area contributed by atoms with Crippen molar-refractivity contribution in [1.82, 2.24) is 9.97 Å². The minimum atomic E-state index is 0.583. The number of aromatic nitrogens is 2. The van der Waals surface area contributed by atoms with E-state index in [-0.39, 0.29) is 0 Å². The van der Waals surface area contributed by atoms with Crippen LogP contribution in [-0.4, -0.2) is 9.97 Å². The molecular formula is C24H25N3OS. The van der Waals surface area contributed by atoms with E-state index in [1.165, 1.54) is 30.4 Å². The summed E-state index contributed by atoms with van der Waals surface area (Å²) in [7, 11) is 0. The topological polar surface area (TPSA) is 47.0 Å². The summed E-state index contributed by atoms with van der Waals surface area (Å²) in [6.07, 6.45) is 7.65. The molecular weight excluding hydrogens is 378 g/mol. The van der Waals surface area contributed by atoms with E-state index in [1.54, 1.807) is 17.5 Å². The first-order chi connectivity index (χ1) is 14.3. The van der Waals surface area contributed by atoms with Crippen molar-refractivity contribution in [2.75, 3.05) is 5.32 Å². The van der Waals surface area contributed by atoms with Gasteiger partial charge in [-0.05, 0) is 48.4 Å². The average molecular weight is 404 g/mol. The van der Waals surface area contributed by atoms with Crippen LogP contribution in [0.2, 0.25) is 0 Å². The van der Waals surface area contributed by atoms with Gasteiger partial charge in [0.25, 0.3) is 0 Å². The highest BCUT2D eigenvalue weighted by molar-refractivity contribution is 7.22. The molecule has 5 rings (SSSR count). The van der Waals surface area contributed by atoms with E-state index in [4.69, 9.17) is 4.74 Å². The molecule has 1 aliphatic rings. The molecule has 4 nitrogen and oxygen atoms in total. The number of hydrogen-bond acceptors (Lipinski definition) is 5. The molecule has 0 radical (unpaired) electrons. The number of benzene rings is 2. The number of anilines is 2. The fourth-order valence-electron chi connectivity index (χ4n) is 3.31. The third-order valence-electron chi connectivity index (χ3n) is 4.90. The molecule has 0 saturated heterocycles. The van der Waals surface area contributed by atoms with Crippen molar-refractivity contribution in [3.05, 3.63) is 72.9 Å². The minimum absolute atomic E-state index is 0.583. The largest absolute Gasteiger partial charge is 0.439 e.